The van der Waals surface area contributed by atoms with Crippen molar-refractivity contribution in [2.45, 2.75) is 6.92 Å². The molecule has 142 valence electrons. The van der Waals surface area contributed by atoms with Gasteiger partial charge in [0, 0.05) is 6.92 Å². The molecule has 0 bridgehead atoms. The first kappa shape index (κ1) is 19.0. The summed E-state index contributed by atoms with van der Waals surface area (Å²) in [5.74, 6) is -2.01. The van der Waals surface area contributed by atoms with Gasteiger partial charge in [-0.3, -0.25) is 19.3 Å². The first-order valence-electron chi connectivity index (χ1n) is 8.64. The number of hydrogen-bond donors (Lipinski definition) is 1. The molecule has 0 aromatic heterocycles. The highest BCUT2D eigenvalue weighted by Crippen LogP contribution is 2.22. The normalized spacial score (nSPS) is 13.3. The predicted molar refractivity (Wildman–Crippen MR) is 101 cm³/mol. The van der Waals surface area contributed by atoms with Gasteiger partial charge >= 0.3 is 5.97 Å². The van der Waals surface area contributed by atoms with Crippen molar-refractivity contribution in [1.82, 2.24) is 10.2 Å². The second kappa shape index (κ2) is 8.30. The van der Waals surface area contributed by atoms with Crippen LogP contribution in [0.1, 0.15) is 33.2 Å². The van der Waals surface area contributed by atoms with Gasteiger partial charge in [-0.1, -0.05) is 42.5 Å². The Morgan fingerprint density at radius 3 is 2.11 bits per heavy atom. The largest absolute Gasteiger partial charge is 0.459 e. The number of rotatable bonds is 6. The predicted octanol–water partition coefficient (Wildman–Crippen LogP) is 2.00. The molecule has 3 rings (SSSR count). The van der Waals surface area contributed by atoms with E-state index in [1.165, 1.54) is 13.0 Å². The van der Waals surface area contributed by atoms with Crippen molar-refractivity contribution in [2.24, 2.45) is 0 Å². The number of nitrogens with zero attached hydrogens (tertiary/aromatic N) is 1. The third-order valence-electron chi connectivity index (χ3n) is 4.07. The zero-order chi connectivity index (χ0) is 20.1. The highest BCUT2D eigenvalue weighted by atomic mass is 16.5. The van der Waals surface area contributed by atoms with Crippen LogP contribution in [0, 0.1) is 0 Å². The molecule has 1 N–H and O–H groups in total. The van der Waals surface area contributed by atoms with Crippen LogP contribution in [0.25, 0.3) is 6.08 Å². The second-order valence-electron chi connectivity index (χ2n) is 6.09. The Morgan fingerprint density at radius 2 is 1.54 bits per heavy atom. The Hall–Kier alpha value is -3.74. The van der Waals surface area contributed by atoms with E-state index in [-0.39, 0.29) is 18.8 Å². The number of benzene rings is 2. The number of carbonyl (C=O) groups is 4. The molecule has 0 saturated carbocycles. The van der Waals surface area contributed by atoms with E-state index in [4.69, 9.17) is 4.74 Å². The Morgan fingerprint density at radius 1 is 0.964 bits per heavy atom. The molecule has 0 unspecified atom stereocenters. The number of hydrogen-bond acceptors (Lipinski definition) is 5. The number of amides is 3. The van der Waals surface area contributed by atoms with Crippen LogP contribution in [0.2, 0.25) is 0 Å². The van der Waals surface area contributed by atoms with Crippen LogP contribution in [-0.4, -0.2) is 41.7 Å². The lowest BCUT2D eigenvalue weighted by Gasteiger charge is -2.14. The van der Waals surface area contributed by atoms with Crippen molar-refractivity contribution < 1.29 is 23.9 Å². The van der Waals surface area contributed by atoms with E-state index in [0.29, 0.717) is 16.7 Å². The SMILES string of the molecule is CC(=O)NC(=Cc1ccccc1)C(=O)OCCN1C(=O)c2ccccc2C1=O. The van der Waals surface area contributed by atoms with Gasteiger partial charge in [0.05, 0.1) is 17.7 Å². The zero-order valence-electron chi connectivity index (χ0n) is 15.2. The number of ether oxygens (including phenoxy) is 1. The standard InChI is InChI=1S/C21H18N2O5/c1-14(24)22-18(13-15-7-3-2-4-8-15)21(27)28-12-11-23-19(25)16-9-5-6-10-17(16)20(23)26/h2-10,13H,11-12H2,1H3,(H,22,24). The van der Waals surface area contributed by atoms with Crippen LogP contribution >= 0.6 is 0 Å². The van der Waals surface area contributed by atoms with Crippen molar-refractivity contribution in [3.05, 3.63) is 77.0 Å². The highest BCUT2D eigenvalue weighted by molar-refractivity contribution is 6.21. The van der Waals surface area contributed by atoms with Crippen LogP contribution in [0.15, 0.2) is 60.3 Å². The van der Waals surface area contributed by atoms with Crippen molar-refractivity contribution in [3.63, 3.8) is 0 Å². The quantitative estimate of drug-likeness (QED) is 0.472. The molecule has 0 atom stereocenters. The molecule has 2 aromatic carbocycles. The third kappa shape index (κ3) is 4.15. The molecule has 0 saturated heterocycles. The molecule has 0 fully saturated rings. The number of fused-ring (bicyclic) bond motifs is 1. The van der Waals surface area contributed by atoms with Gasteiger partial charge in [-0.25, -0.2) is 4.79 Å². The van der Waals surface area contributed by atoms with Crippen molar-refractivity contribution >= 4 is 29.8 Å². The van der Waals surface area contributed by atoms with Gasteiger partial charge in [0.25, 0.3) is 11.8 Å². The molecule has 28 heavy (non-hydrogen) atoms. The van der Waals surface area contributed by atoms with Gasteiger partial charge in [-0.05, 0) is 23.8 Å². The number of imide groups is 1. The van der Waals surface area contributed by atoms with E-state index < -0.39 is 23.7 Å². The minimum Gasteiger partial charge on any atom is -0.459 e. The fourth-order valence-corrected chi connectivity index (χ4v) is 2.80. The van der Waals surface area contributed by atoms with E-state index in [2.05, 4.69) is 5.32 Å². The monoisotopic (exact) mass is 378 g/mol. The Balaban J connectivity index is 1.64. The van der Waals surface area contributed by atoms with Gasteiger partial charge in [0.1, 0.15) is 12.3 Å². The van der Waals surface area contributed by atoms with E-state index in [1.54, 1.807) is 48.5 Å². The first-order chi connectivity index (χ1) is 13.5. The molecule has 7 nitrogen and oxygen atoms in total. The average Bonchev–Trinajstić information content (AvgIpc) is 2.93. The van der Waals surface area contributed by atoms with Crippen LogP contribution in [0.5, 0.6) is 0 Å². The maximum absolute atomic E-state index is 12.3. The molecule has 1 aliphatic heterocycles. The lowest BCUT2D eigenvalue weighted by Crippen LogP contribution is -2.34. The second-order valence-corrected chi connectivity index (χ2v) is 6.09. The van der Waals surface area contributed by atoms with Crippen LogP contribution in [0.4, 0.5) is 0 Å². The summed E-state index contributed by atoms with van der Waals surface area (Å²) in [6.07, 6.45) is 1.49. The summed E-state index contributed by atoms with van der Waals surface area (Å²) in [6, 6.07) is 15.5. The Labute approximate surface area is 161 Å². The van der Waals surface area contributed by atoms with E-state index in [1.807, 2.05) is 6.07 Å². The van der Waals surface area contributed by atoms with E-state index in [9.17, 15) is 19.2 Å². The lowest BCUT2D eigenvalue weighted by molar-refractivity contribution is -0.140. The van der Waals surface area contributed by atoms with E-state index in [0.717, 1.165) is 4.90 Å². The summed E-state index contributed by atoms with van der Waals surface area (Å²) in [5.41, 5.74) is 1.35. The molecular weight excluding hydrogens is 360 g/mol. The average molecular weight is 378 g/mol. The first-order valence-corrected chi connectivity index (χ1v) is 8.64. The smallest absolute Gasteiger partial charge is 0.354 e. The zero-order valence-corrected chi connectivity index (χ0v) is 15.2. The Bertz CT molecular complexity index is 931. The number of nitrogens with one attached hydrogen (secondary N) is 1. The van der Waals surface area contributed by atoms with Gasteiger partial charge in [-0.2, -0.15) is 0 Å². The summed E-state index contributed by atoms with van der Waals surface area (Å²) in [6.45, 7) is 1.03. The van der Waals surface area contributed by atoms with Crippen molar-refractivity contribution in [2.75, 3.05) is 13.2 Å². The van der Waals surface area contributed by atoms with Gasteiger partial charge < -0.3 is 10.1 Å². The summed E-state index contributed by atoms with van der Waals surface area (Å²) in [5, 5.41) is 2.44. The molecule has 0 aliphatic carbocycles. The van der Waals surface area contributed by atoms with Crippen molar-refractivity contribution in [1.29, 1.82) is 0 Å². The molecule has 0 radical (unpaired) electrons. The molecule has 1 aliphatic rings. The van der Waals surface area contributed by atoms with Gasteiger partial charge in [0.2, 0.25) is 5.91 Å². The maximum atomic E-state index is 12.3. The Kier molecular flexibility index (Phi) is 5.64. The summed E-state index contributed by atoms with van der Waals surface area (Å²) in [4.78, 5) is 49.4. The molecule has 7 heteroatoms. The fourth-order valence-electron chi connectivity index (χ4n) is 2.80. The molecular formula is C21H18N2O5. The molecule has 2 aromatic rings. The molecule has 1 heterocycles. The molecule has 3 amide bonds. The molecule has 0 spiro atoms. The third-order valence-corrected chi connectivity index (χ3v) is 4.07. The van der Waals surface area contributed by atoms with E-state index >= 15 is 0 Å². The van der Waals surface area contributed by atoms with Crippen LogP contribution < -0.4 is 5.32 Å². The topological polar surface area (TPSA) is 92.8 Å². The highest BCUT2D eigenvalue weighted by Gasteiger charge is 2.34. The minimum atomic E-state index is -0.754. The van der Waals surface area contributed by atoms with Crippen LogP contribution in [-0.2, 0) is 14.3 Å². The maximum Gasteiger partial charge on any atom is 0.354 e. The number of carbonyl (C=O) groups excluding carboxylic acids is 4. The summed E-state index contributed by atoms with van der Waals surface area (Å²) >= 11 is 0. The van der Waals surface area contributed by atoms with Crippen LogP contribution in [0.3, 0.4) is 0 Å². The number of esters is 1. The van der Waals surface area contributed by atoms with Crippen molar-refractivity contribution in [3.8, 4) is 0 Å². The van der Waals surface area contributed by atoms with Gasteiger partial charge in [-0.15, -0.1) is 0 Å². The lowest BCUT2D eigenvalue weighted by atomic mass is 10.1. The van der Waals surface area contributed by atoms with Gasteiger partial charge in [0.15, 0.2) is 0 Å². The minimum absolute atomic E-state index is 0.0268. The summed E-state index contributed by atoms with van der Waals surface area (Å²) in [7, 11) is 0. The summed E-state index contributed by atoms with van der Waals surface area (Å²) < 4.78 is 5.17. The fraction of sp³-hybridized carbons (Fsp3) is 0.143.